The van der Waals surface area contributed by atoms with Crippen LogP contribution in [0.25, 0.3) is 10.9 Å². The normalized spacial score (nSPS) is 11.1. The van der Waals surface area contributed by atoms with E-state index in [0.717, 1.165) is 30.8 Å². The van der Waals surface area contributed by atoms with Crippen LogP contribution < -0.4 is 16.2 Å². The largest absolute Gasteiger partial charge is 0.354 e. The van der Waals surface area contributed by atoms with E-state index in [2.05, 4.69) is 30.5 Å². The van der Waals surface area contributed by atoms with Crippen molar-refractivity contribution in [1.29, 1.82) is 0 Å². The molecule has 0 aliphatic heterocycles. The summed E-state index contributed by atoms with van der Waals surface area (Å²) in [6.45, 7) is 3.76. The zero-order valence-electron chi connectivity index (χ0n) is 15.3. The van der Waals surface area contributed by atoms with Crippen molar-refractivity contribution in [2.24, 2.45) is 0 Å². The summed E-state index contributed by atoms with van der Waals surface area (Å²) >= 11 is 0. The fraction of sp³-hybridized carbons (Fsp3) is 0.316. The van der Waals surface area contributed by atoms with Crippen LogP contribution in [-0.4, -0.2) is 47.0 Å². The van der Waals surface area contributed by atoms with E-state index in [-0.39, 0.29) is 5.56 Å². The lowest BCUT2D eigenvalue weighted by Gasteiger charge is -2.13. The molecule has 2 aromatic heterocycles. The monoisotopic (exact) mass is 352 g/mol. The number of aromatic amines is 1. The molecule has 0 bridgehead atoms. The minimum Gasteiger partial charge on any atom is -0.354 e. The molecule has 2 heterocycles. The standard InChI is InChI=1S/C19H24N6O/c1-13-6-4-7-14(12-13)22-17-16-15(8-10-20-18(16)26)23-19(24-17)21-9-5-11-25(2)3/h4,6-8,10,12H,5,9,11H2,1-3H3,(H,20,26)(H2,21,22,23,24). The van der Waals surface area contributed by atoms with Crippen molar-refractivity contribution < 1.29 is 0 Å². The molecule has 0 saturated heterocycles. The van der Waals surface area contributed by atoms with Gasteiger partial charge in [0.05, 0.1) is 5.52 Å². The number of hydrogen-bond donors (Lipinski definition) is 3. The van der Waals surface area contributed by atoms with Gasteiger partial charge in [0.15, 0.2) is 0 Å². The Kier molecular flexibility index (Phi) is 5.48. The van der Waals surface area contributed by atoms with Gasteiger partial charge in [0, 0.05) is 18.4 Å². The maximum atomic E-state index is 12.3. The van der Waals surface area contributed by atoms with Gasteiger partial charge in [0.1, 0.15) is 11.2 Å². The average molecular weight is 352 g/mol. The van der Waals surface area contributed by atoms with Crippen molar-refractivity contribution in [1.82, 2.24) is 19.9 Å². The number of aryl methyl sites for hydroxylation is 1. The Hall–Kier alpha value is -2.93. The third kappa shape index (κ3) is 4.37. The van der Waals surface area contributed by atoms with Gasteiger partial charge in [-0.05, 0) is 57.7 Å². The van der Waals surface area contributed by atoms with Crippen molar-refractivity contribution in [2.75, 3.05) is 37.8 Å². The second-order valence-electron chi connectivity index (χ2n) is 6.54. The molecule has 7 heteroatoms. The number of aromatic nitrogens is 3. The van der Waals surface area contributed by atoms with Crippen molar-refractivity contribution in [3.63, 3.8) is 0 Å². The highest BCUT2D eigenvalue weighted by atomic mass is 16.1. The summed E-state index contributed by atoms with van der Waals surface area (Å²) in [5, 5.41) is 6.96. The molecule has 0 saturated carbocycles. The lowest BCUT2D eigenvalue weighted by Crippen LogP contribution is -2.17. The molecule has 0 amide bonds. The van der Waals surface area contributed by atoms with Gasteiger partial charge >= 0.3 is 0 Å². The van der Waals surface area contributed by atoms with Gasteiger partial charge in [-0.25, -0.2) is 4.98 Å². The van der Waals surface area contributed by atoms with Crippen LogP contribution in [0, 0.1) is 6.92 Å². The van der Waals surface area contributed by atoms with Gasteiger partial charge in [0.25, 0.3) is 5.56 Å². The maximum Gasteiger partial charge on any atom is 0.261 e. The number of H-pyrrole nitrogens is 1. The van der Waals surface area contributed by atoms with Crippen LogP contribution in [-0.2, 0) is 0 Å². The van der Waals surface area contributed by atoms with Crippen molar-refractivity contribution in [3.05, 3.63) is 52.4 Å². The van der Waals surface area contributed by atoms with Crippen LogP contribution in [0.4, 0.5) is 17.5 Å². The quantitative estimate of drug-likeness (QED) is 0.567. The van der Waals surface area contributed by atoms with E-state index in [0.29, 0.717) is 22.7 Å². The Morgan fingerprint density at radius 2 is 2.04 bits per heavy atom. The molecule has 0 radical (unpaired) electrons. The first-order valence-electron chi connectivity index (χ1n) is 8.64. The molecule has 0 fully saturated rings. The molecular formula is C19H24N6O. The minimum absolute atomic E-state index is 0.211. The first-order chi connectivity index (χ1) is 12.5. The smallest absolute Gasteiger partial charge is 0.261 e. The van der Waals surface area contributed by atoms with Crippen molar-refractivity contribution in [2.45, 2.75) is 13.3 Å². The van der Waals surface area contributed by atoms with E-state index in [4.69, 9.17) is 0 Å². The Morgan fingerprint density at radius 3 is 2.81 bits per heavy atom. The summed E-state index contributed by atoms with van der Waals surface area (Å²) in [4.78, 5) is 26.1. The molecule has 1 aromatic carbocycles. The van der Waals surface area contributed by atoms with E-state index in [1.807, 2.05) is 45.3 Å². The molecule has 0 aliphatic carbocycles. The molecule has 0 spiro atoms. The summed E-state index contributed by atoms with van der Waals surface area (Å²) in [6, 6.07) is 9.72. The number of anilines is 3. The topological polar surface area (TPSA) is 85.9 Å². The Morgan fingerprint density at radius 1 is 1.19 bits per heavy atom. The molecular weight excluding hydrogens is 328 g/mol. The molecule has 136 valence electrons. The van der Waals surface area contributed by atoms with E-state index in [1.165, 1.54) is 0 Å². The van der Waals surface area contributed by atoms with Gasteiger partial charge < -0.3 is 20.5 Å². The average Bonchev–Trinajstić information content (AvgIpc) is 2.58. The second kappa shape index (κ2) is 7.97. The summed E-state index contributed by atoms with van der Waals surface area (Å²) in [5.74, 6) is 1.01. The van der Waals surface area contributed by atoms with Gasteiger partial charge in [-0.3, -0.25) is 4.79 Å². The van der Waals surface area contributed by atoms with Gasteiger partial charge in [-0.1, -0.05) is 12.1 Å². The number of benzene rings is 1. The molecule has 0 atom stereocenters. The predicted octanol–water partition coefficient (Wildman–Crippen LogP) is 2.73. The predicted molar refractivity (Wildman–Crippen MR) is 106 cm³/mol. The first kappa shape index (κ1) is 17.9. The fourth-order valence-corrected chi connectivity index (χ4v) is 2.72. The Bertz CT molecular complexity index is 950. The van der Waals surface area contributed by atoms with Crippen molar-refractivity contribution >= 4 is 28.4 Å². The lowest BCUT2D eigenvalue weighted by atomic mass is 10.2. The summed E-state index contributed by atoms with van der Waals surface area (Å²) < 4.78 is 0. The van der Waals surface area contributed by atoms with E-state index < -0.39 is 0 Å². The third-order valence-electron chi connectivity index (χ3n) is 3.97. The van der Waals surface area contributed by atoms with Crippen LogP contribution in [0.3, 0.4) is 0 Å². The number of fused-ring (bicyclic) bond motifs is 1. The van der Waals surface area contributed by atoms with E-state index >= 15 is 0 Å². The third-order valence-corrected chi connectivity index (χ3v) is 3.97. The highest BCUT2D eigenvalue weighted by molar-refractivity contribution is 5.90. The van der Waals surface area contributed by atoms with Crippen LogP contribution in [0.5, 0.6) is 0 Å². The SMILES string of the molecule is Cc1cccc(Nc2nc(NCCCN(C)C)nc3cc[nH]c(=O)c23)c1. The van der Waals surface area contributed by atoms with Crippen LogP contribution in [0.1, 0.15) is 12.0 Å². The molecule has 3 rings (SSSR count). The van der Waals surface area contributed by atoms with Crippen LogP contribution in [0.15, 0.2) is 41.3 Å². The van der Waals surface area contributed by atoms with E-state index in [1.54, 1.807) is 12.3 Å². The zero-order valence-corrected chi connectivity index (χ0v) is 15.3. The molecule has 3 aromatic rings. The lowest BCUT2D eigenvalue weighted by molar-refractivity contribution is 0.405. The Labute approximate surface area is 152 Å². The fourth-order valence-electron chi connectivity index (χ4n) is 2.72. The zero-order chi connectivity index (χ0) is 18.5. The number of nitrogens with one attached hydrogen (secondary N) is 3. The molecule has 0 aliphatic rings. The summed E-state index contributed by atoms with van der Waals surface area (Å²) in [5.41, 5.74) is 2.40. The van der Waals surface area contributed by atoms with Crippen LogP contribution in [0.2, 0.25) is 0 Å². The maximum absolute atomic E-state index is 12.3. The van der Waals surface area contributed by atoms with Crippen molar-refractivity contribution in [3.8, 4) is 0 Å². The highest BCUT2D eigenvalue weighted by Crippen LogP contribution is 2.23. The van der Waals surface area contributed by atoms with Gasteiger partial charge in [-0.2, -0.15) is 4.98 Å². The minimum atomic E-state index is -0.211. The molecule has 0 unspecified atom stereocenters. The van der Waals surface area contributed by atoms with Gasteiger partial charge in [0.2, 0.25) is 5.95 Å². The summed E-state index contributed by atoms with van der Waals surface area (Å²) in [7, 11) is 4.09. The van der Waals surface area contributed by atoms with Crippen LogP contribution >= 0.6 is 0 Å². The first-order valence-corrected chi connectivity index (χ1v) is 8.64. The number of pyridine rings is 1. The van der Waals surface area contributed by atoms with Gasteiger partial charge in [-0.15, -0.1) is 0 Å². The van der Waals surface area contributed by atoms with E-state index in [9.17, 15) is 4.79 Å². The second-order valence-corrected chi connectivity index (χ2v) is 6.54. The molecule has 7 nitrogen and oxygen atoms in total. The highest BCUT2D eigenvalue weighted by Gasteiger charge is 2.11. The molecule has 26 heavy (non-hydrogen) atoms. The summed E-state index contributed by atoms with van der Waals surface area (Å²) in [6.07, 6.45) is 2.58. The molecule has 3 N–H and O–H groups in total. The number of hydrogen-bond acceptors (Lipinski definition) is 6. The number of rotatable bonds is 7. The number of nitrogens with zero attached hydrogens (tertiary/aromatic N) is 3. The Balaban J connectivity index is 1.92.